The quantitative estimate of drug-likeness (QED) is 0.696. The monoisotopic (exact) mass is 283 g/mol. The van der Waals surface area contributed by atoms with Crippen LogP contribution in [-0.2, 0) is 14.3 Å². The fraction of sp³-hybridized carbons (Fsp3) is 0.800. The predicted octanol–water partition coefficient (Wildman–Crippen LogP) is 1.57. The maximum Gasteiger partial charge on any atom is 0.285 e. The first-order chi connectivity index (χ1) is 9.74. The normalized spacial score (nSPS) is 26.4. The van der Waals surface area contributed by atoms with Gasteiger partial charge in [-0.3, -0.25) is 4.79 Å². The smallest absolute Gasteiger partial charge is 0.285 e. The van der Waals surface area contributed by atoms with Crippen LogP contribution < -0.4 is 5.32 Å². The van der Waals surface area contributed by atoms with E-state index in [1.165, 1.54) is 19.3 Å². The molecule has 0 bridgehead atoms. The Labute approximate surface area is 120 Å². The summed E-state index contributed by atoms with van der Waals surface area (Å²) in [5, 5.41) is 11.4. The Hall–Kier alpha value is -1.07. The number of aliphatic hydroxyl groups excluding tert-OH is 1. The third-order valence-corrected chi connectivity index (χ3v) is 4.15. The van der Waals surface area contributed by atoms with Crippen LogP contribution in [0.25, 0.3) is 0 Å². The molecule has 1 fully saturated rings. The number of unbranched alkanes of at least 4 members (excludes halogenated alkanes) is 1. The summed E-state index contributed by atoms with van der Waals surface area (Å²) in [7, 11) is 1.61. The number of aliphatic hydroxyl groups is 1. The van der Waals surface area contributed by atoms with Gasteiger partial charge in [0, 0.05) is 20.1 Å². The Kier molecular flexibility index (Phi) is 5.86. The molecule has 0 aromatic carbocycles. The summed E-state index contributed by atoms with van der Waals surface area (Å²) in [6.45, 7) is 0.743. The van der Waals surface area contributed by atoms with Crippen molar-refractivity contribution in [1.82, 2.24) is 5.32 Å². The Bertz CT molecular complexity index is 352. The Balaban J connectivity index is 1.90. The molecule has 5 heteroatoms. The molecule has 2 N–H and O–H groups in total. The minimum Gasteiger partial charge on any atom is -0.459 e. The molecule has 1 aliphatic heterocycles. The molecule has 0 spiro atoms. The highest BCUT2D eigenvalue weighted by Gasteiger charge is 2.34. The van der Waals surface area contributed by atoms with Crippen molar-refractivity contribution in [3.05, 3.63) is 11.8 Å². The standard InChI is InChI=1S/C15H25NO4/c1-16-15(18)13-9-12(11-5-4-6-11)10-14(20-13)19-8-3-2-7-17/h9,11-12,14,17H,2-8,10H2,1H3,(H,16,18)/t12-,14+/m0/s1. The van der Waals surface area contributed by atoms with E-state index in [0.717, 1.165) is 19.3 Å². The van der Waals surface area contributed by atoms with E-state index in [4.69, 9.17) is 14.6 Å². The van der Waals surface area contributed by atoms with Crippen LogP contribution in [-0.4, -0.2) is 37.6 Å². The SMILES string of the molecule is CNC(=O)C1=C[C@H](C2CCC2)C[C@H](OCCCCO)O1. The van der Waals surface area contributed by atoms with E-state index in [0.29, 0.717) is 24.2 Å². The van der Waals surface area contributed by atoms with Crippen molar-refractivity contribution >= 4 is 5.91 Å². The molecule has 0 saturated heterocycles. The number of ether oxygens (including phenoxy) is 2. The van der Waals surface area contributed by atoms with Crippen LogP contribution in [0.4, 0.5) is 0 Å². The average molecular weight is 283 g/mol. The van der Waals surface area contributed by atoms with E-state index >= 15 is 0 Å². The van der Waals surface area contributed by atoms with Gasteiger partial charge in [-0.1, -0.05) is 6.42 Å². The lowest BCUT2D eigenvalue weighted by atomic mass is 9.73. The van der Waals surface area contributed by atoms with Gasteiger partial charge in [-0.25, -0.2) is 0 Å². The number of hydrogen-bond acceptors (Lipinski definition) is 4. The minimum absolute atomic E-state index is 0.182. The van der Waals surface area contributed by atoms with Gasteiger partial charge in [0.15, 0.2) is 5.76 Å². The molecular formula is C15H25NO4. The molecule has 2 rings (SSSR count). The van der Waals surface area contributed by atoms with Crippen LogP contribution in [0.1, 0.15) is 38.5 Å². The highest BCUT2D eigenvalue weighted by molar-refractivity contribution is 5.91. The Morgan fingerprint density at radius 2 is 2.30 bits per heavy atom. The summed E-state index contributed by atoms with van der Waals surface area (Å²) in [6.07, 6.45) is 7.75. The second-order valence-electron chi connectivity index (χ2n) is 5.55. The first kappa shape index (κ1) is 15.3. The molecule has 5 nitrogen and oxygen atoms in total. The summed E-state index contributed by atoms with van der Waals surface area (Å²) < 4.78 is 11.3. The number of rotatable bonds is 7. The molecule has 0 aromatic rings. The van der Waals surface area contributed by atoms with Crippen molar-refractivity contribution < 1.29 is 19.4 Å². The van der Waals surface area contributed by atoms with Gasteiger partial charge in [-0.05, 0) is 43.6 Å². The number of allylic oxidation sites excluding steroid dienone is 1. The molecule has 0 aromatic heterocycles. The molecular weight excluding hydrogens is 258 g/mol. The van der Waals surface area contributed by atoms with E-state index < -0.39 is 0 Å². The van der Waals surface area contributed by atoms with Crippen LogP contribution >= 0.6 is 0 Å². The number of hydrogen-bond donors (Lipinski definition) is 2. The molecule has 1 heterocycles. The molecule has 0 unspecified atom stereocenters. The largest absolute Gasteiger partial charge is 0.459 e. The summed E-state index contributed by atoms with van der Waals surface area (Å²) in [5.74, 6) is 1.26. The lowest BCUT2D eigenvalue weighted by Gasteiger charge is -2.37. The van der Waals surface area contributed by atoms with E-state index in [2.05, 4.69) is 5.32 Å². The number of nitrogens with one attached hydrogen (secondary N) is 1. The van der Waals surface area contributed by atoms with Gasteiger partial charge in [0.05, 0.1) is 6.61 Å². The highest BCUT2D eigenvalue weighted by Crippen LogP contribution is 2.39. The van der Waals surface area contributed by atoms with Crippen molar-refractivity contribution in [2.75, 3.05) is 20.3 Å². The summed E-state index contributed by atoms with van der Waals surface area (Å²) in [6, 6.07) is 0. The molecule has 20 heavy (non-hydrogen) atoms. The Morgan fingerprint density at radius 1 is 1.50 bits per heavy atom. The van der Waals surface area contributed by atoms with Gasteiger partial charge >= 0.3 is 0 Å². The molecule has 2 aliphatic rings. The Morgan fingerprint density at radius 3 is 2.90 bits per heavy atom. The van der Waals surface area contributed by atoms with Crippen molar-refractivity contribution in [1.29, 1.82) is 0 Å². The second-order valence-corrected chi connectivity index (χ2v) is 5.55. The van der Waals surface area contributed by atoms with Gasteiger partial charge in [0.1, 0.15) is 0 Å². The third kappa shape index (κ3) is 3.96. The van der Waals surface area contributed by atoms with Crippen molar-refractivity contribution in [3.63, 3.8) is 0 Å². The summed E-state index contributed by atoms with van der Waals surface area (Å²) >= 11 is 0. The van der Waals surface area contributed by atoms with Crippen molar-refractivity contribution in [3.8, 4) is 0 Å². The zero-order valence-electron chi connectivity index (χ0n) is 12.1. The fourth-order valence-corrected chi connectivity index (χ4v) is 2.69. The van der Waals surface area contributed by atoms with Gasteiger partial charge in [-0.15, -0.1) is 0 Å². The highest BCUT2D eigenvalue weighted by atomic mass is 16.7. The van der Waals surface area contributed by atoms with E-state index in [9.17, 15) is 4.79 Å². The zero-order valence-corrected chi connectivity index (χ0v) is 12.1. The lowest BCUT2D eigenvalue weighted by Crippen LogP contribution is -2.35. The maximum atomic E-state index is 11.8. The van der Waals surface area contributed by atoms with E-state index in [1.807, 2.05) is 6.08 Å². The topological polar surface area (TPSA) is 67.8 Å². The molecule has 1 amide bonds. The third-order valence-electron chi connectivity index (χ3n) is 4.15. The van der Waals surface area contributed by atoms with Crippen molar-refractivity contribution in [2.45, 2.75) is 44.8 Å². The number of carbonyl (C=O) groups is 1. The number of amides is 1. The molecule has 0 radical (unpaired) electrons. The first-order valence-electron chi connectivity index (χ1n) is 7.57. The fourth-order valence-electron chi connectivity index (χ4n) is 2.69. The first-order valence-corrected chi connectivity index (χ1v) is 7.57. The number of likely N-dealkylation sites (N-methyl/N-ethyl adjacent to an activating group) is 1. The predicted molar refractivity (Wildman–Crippen MR) is 74.7 cm³/mol. The minimum atomic E-state index is -0.336. The van der Waals surface area contributed by atoms with E-state index in [-0.39, 0.29) is 18.8 Å². The van der Waals surface area contributed by atoms with E-state index in [1.54, 1.807) is 7.05 Å². The van der Waals surface area contributed by atoms with Gasteiger partial charge in [-0.2, -0.15) is 0 Å². The van der Waals surface area contributed by atoms with Crippen molar-refractivity contribution in [2.24, 2.45) is 11.8 Å². The van der Waals surface area contributed by atoms with Gasteiger partial charge < -0.3 is 19.9 Å². The average Bonchev–Trinajstić information content (AvgIpc) is 2.40. The summed E-state index contributed by atoms with van der Waals surface area (Å²) in [4.78, 5) is 11.8. The van der Waals surface area contributed by atoms with Gasteiger partial charge in [0.2, 0.25) is 6.29 Å². The zero-order chi connectivity index (χ0) is 14.4. The lowest BCUT2D eigenvalue weighted by molar-refractivity contribution is -0.152. The molecule has 1 saturated carbocycles. The summed E-state index contributed by atoms with van der Waals surface area (Å²) in [5.41, 5.74) is 0. The molecule has 1 aliphatic carbocycles. The van der Waals surface area contributed by atoms with Crippen LogP contribution in [0.15, 0.2) is 11.8 Å². The van der Waals surface area contributed by atoms with Crippen LogP contribution in [0, 0.1) is 11.8 Å². The molecule has 114 valence electrons. The number of carbonyl (C=O) groups excluding carboxylic acids is 1. The maximum absolute atomic E-state index is 11.8. The van der Waals surface area contributed by atoms with Crippen LogP contribution in [0.3, 0.4) is 0 Å². The van der Waals surface area contributed by atoms with Crippen LogP contribution in [0.5, 0.6) is 0 Å². The second kappa shape index (κ2) is 7.64. The molecule has 2 atom stereocenters. The van der Waals surface area contributed by atoms with Gasteiger partial charge in [0.25, 0.3) is 5.91 Å². The van der Waals surface area contributed by atoms with Crippen LogP contribution in [0.2, 0.25) is 0 Å².